The van der Waals surface area contributed by atoms with E-state index in [1.165, 1.54) is 0 Å². The molecular weight excluding hydrogens is 145 g/mol. The van der Waals surface area contributed by atoms with Gasteiger partial charge in [-0.15, -0.1) is 0 Å². The Morgan fingerprint density at radius 1 is 1.56 bits per heavy atom. The molecule has 0 amide bonds. The molecule has 0 aliphatic rings. The normalized spacial score (nSPS) is 8.56. The van der Waals surface area contributed by atoms with Gasteiger partial charge in [-0.25, -0.2) is 4.57 Å². The second-order valence-electron chi connectivity index (χ2n) is 0.560. The second kappa shape index (κ2) is 8.64. The minimum Gasteiger partial charge on any atom is -0.346 e. The van der Waals surface area contributed by atoms with Gasteiger partial charge in [-0.2, -0.15) is 6.92 Å². The van der Waals surface area contributed by atoms with Gasteiger partial charge in [-0.05, 0) is 4.53 Å². The maximum atomic E-state index is 10.2. The third-order valence-electron chi connectivity index (χ3n) is 0.0899. The third kappa shape index (κ3) is 28.8. The zero-order valence-electron chi connectivity index (χ0n) is 5.24. The van der Waals surface area contributed by atoms with Crippen molar-refractivity contribution in [2.24, 2.45) is 0 Å². The van der Waals surface area contributed by atoms with Crippen LogP contribution in [0.1, 0.15) is 6.92 Å². The average Bonchev–Trinajstić information content (AvgIpc) is 1.71. The van der Waals surface area contributed by atoms with Crippen LogP contribution in [0, 0.1) is 6.92 Å². The molecule has 0 bridgehead atoms. The maximum Gasteiger partial charge on any atom is 1.00 e. The molecule has 0 aliphatic carbocycles. The van der Waals surface area contributed by atoms with Crippen molar-refractivity contribution in [1.82, 2.24) is 0 Å². The van der Waals surface area contributed by atoms with Crippen LogP contribution in [0.5, 0.6) is 0 Å². The van der Waals surface area contributed by atoms with Crippen molar-refractivity contribution in [2.75, 3.05) is 0 Å². The first-order valence-electron chi connectivity index (χ1n) is 1.63. The van der Waals surface area contributed by atoms with Gasteiger partial charge in [0.15, 0.2) is 0 Å². The van der Waals surface area contributed by atoms with Crippen LogP contribution < -0.4 is 18.9 Å². The van der Waals surface area contributed by atoms with Crippen molar-refractivity contribution < 1.29 is 42.5 Å². The SMILES string of the molecule is O=P(O)(O)OF.[CH2-]C.[Li+]. The summed E-state index contributed by atoms with van der Waals surface area (Å²) < 4.78 is 21.4. The average molecular weight is 152 g/mol. The van der Waals surface area contributed by atoms with Crippen molar-refractivity contribution in [2.45, 2.75) is 6.92 Å². The van der Waals surface area contributed by atoms with Crippen molar-refractivity contribution in [3.8, 4) is 0 Å². The Bertz CT molecular complexity index is 82.6. The molecule has 0 aromatic heterocycles. The molecule has 0 fully saturated rings. The summed E-state index contributed by atoms with van der Waals surface area (Å²) >= 11 is 0. The molecule has 4 nitrogen and oxygen atoms in total. The van der Waals surface area contributed by atoms with Crippen LogP contribution in [0.15, 0.2) is 0 Å². The van der Waals surface area contributed by atoms with Gasteiger partial charge in [0.2, 0.25) is 0 Å². The quantitative estimate of drug-likeness (QED) is 0.255. The summed E-state index contributed by atoms with van der Waals surface area (Å²) in [5.41, 5.74) is 0. The smallest absolute Gasteiger partial charge is 0.346 e. The summed E-state index contributed by atoms with van der Waals surface area (Å²) in [5, 5.41) is 0. The van der Waals surface area contributed by atoms with Crippen molar-refractivity contribution >= 4 is 7.82 Å². The fourth-order valence-corrected chi connectivity index (χ4v) is 0. The number of hydrogen-bond acceptors (Lipinski definition) is 2. The summed E-state index contributed by atoms with van der Waals surface area (Å²) in [6, 6.07) is 0. The molecule has 7 heteroatoms. The Labute approximate surface area is 64.7 Å². The molecule has 9 heavy (non-hydrogen) atoms. The molecule has 0 aromatic carbocycles. The number of rotatable bonds is 1. The fraction of sp³-hybridized carbons (Fsp3) is 0.500. The molecule has 0 aliphatic heterocycles. The number of halogens is 1. The van der Waals surface area contributed by atoms with E-state index < -0.39 is 7.82 Å². The third-order valence-corrected chi connectivity index (χ3v) is 0.270. The zero-order valence-corrected chi connectivity index (χ0v) is 6.14. The van der Waals surface area contributed by atoms with E-state index in [2.05, 4.69) is 11.7 Å². The van der Waals surface area contributed by atoms with Gasteiger partial charge < -0.3 is 16.7 Å². The maximum absolute atomic E-state index is 10.2. The zero-order chi connectivity index (χ0) is 7.21. The summed E-state index contributed by atoms with van der Waals surface area (Å²) in [4.78, 5) is 14.7. The Morgan fingerprint density at radius 2 is 1.67 bits per heavy atom. The predicted octanol–water partition coefficient (Wildman–Crippen LogP) is -2.18. The Balaban J connectivity index is -0.000000109. The van der Waals surface area contributed by atoms with Crippen molar-refractivity contribution in [3.05, 3.63) is 6.92 Å². The van der Waals surface area contributed by atoms with E-state index in [4.69, 9.17) is 14.4 Å². The standard InChI is InChI=1S/C2H5.FH2O4P.Li/c1-2;1-5-6(2,3)4;/h1H2,2H3;(H2,2,3,4);/q-1;;+1. The van der Waals surface area contributed by atoms with Gasteiger partial charge in [-0.3, -0.25) is 0 Å². The van der Waals surface area contributed by atoms with E-state index in [0.717, 1.165) is 0 Å². The first-order chi connectivity index (χ1) is 3.56. The van der Waals surface area contributed by atoms with Crippen LogP contribution in [0.3, 0.4) is 0 Å². The van der Waals surface area contributed by atoms with Gasteiger partial charge in [0.1, 0.15) is 0 Å². The van der Waals surface area contributed by atoms with E-state index in [1.807, 2.05) is 0 Å². The molecule has 0 unspecified atom stereocenters. The van der Waals surface area contributed by atoms with Crippen molar-refractivity contribution in [3.63, 3.8) is 0 Å². The summed E-state index contributed by atoms with van der Waals surface area (Å²) in [6.45, 7) is 5.00. The van der Waals surface area contributed by atoms with Crippen LogP contribution in [0.4, 0.5) is 4.53 Å². The Kier molecular flexibility index (Phi) is 15.7. The van der Waals surface area contributed by atoms with Gasteiger partial charge in [0.05, 0.1) is 0 Å². The number of phosphoric acid groups is 1. The molecule has 0 atom stereocenters. The topological polar surface area (TPSA) is 66.8 Å². The van der Waals surface area contributed by atoms with Crippen LogP contribution >= 0.6 is 7.82 Å². The van der Waals surface area contributed by atoms with E-state index in [-0.39, 0.29) is 18.9 Å². The van der Waals surface area contributed by atoms with Gasteiger partial charge >= 0.3 is 26.7 Å². The molecule has 0 radical (unpaired) electrons. The second-order valence-corrected chi connectivity index (χ2v) is 1.68. The Hall–Kier alpha value is 0.637. The van der Waals surface area contributed by atoms with Crippen LogP contribution in [0.2, 0.25) is 0 Å². The summed E-state index contributed by atoms with van der Waals surface area (Å²) in [7, 11) is -4.81. The summed E-state index contributed by atoms with van der Waals surface area (Å²) in [5.74, 6) is 0. The first kappa shape index (κ1) is 16.3. The summed E-state index contributed by atoms with van der Waals surface area (Å²) in [6.07, 6.45) is 0. The van der Waals surface area contributed by atoms with Crippen LogP contribution in [-0.2, 0) is 9.29 Å². The molecule has 52 valence electrons. The minimum atomic E-state index is -4.81. The predicted molar refractivity (Wildman–Crippen MR) is 25.3 cm³/mol. The molecule has 0 rings (SSSR count). The van der Waals surface area contributed by atoms with E-state index >= 15 is 0 Å². The fourth-order valence-electron chi connectivity index (χ4n) is 0. The van der Waals surface area contributed by atoms with E-state index in [1.54, 1.807) is 6.92 Å². The Morgan fingerprint density at radius 3 is 1.67 bits per heavy atom. The van der Waals surface area contributed by atoms with Crippen LogP contribution in [-0.4, -0.2) is 9.79 Å². The first-order valence-corrected chi connectivity index (χ1v) is 3.16. The molecule has 0 aromatic rings. The number of hydrogen-bond donors (Lipinski definition) is 2. The largest absolute Gasteiger partial charge is 1.00 e. The molecule has 0 saturated carbocycles. The van der Waals surface area contributed by atoms with E-state index in [9.17, 15) is 4.53 Å². The molecule has 0 saturated heterocycles. The van der Waals surface area contributed by atoms with Gasteiger partial charge in [-0.1, -0.05) is 4.73 Å². The minimum absolute atomic E-state index is 0. The van der Waals surface area contributed by atoms with Gasteiger partial charge in [0, 0.05) is 0 Å². The van der Waals surface area contributed by atoms with Crippen LogP contribution in [0.25, 0.3) is 0 Å². The molecular formula is C2H7FLiO4P. The van der Waals surface area contributed by atoms with E-state index in [0.29, 0.717) is 0 Å². The molecule has 0 heterocycles. The van der Waals surface area contributed by atoms with Crippen molar-refractivity contribution in [1.29, 1.82) is 0 Å². The van der Waals surface area contributed by atoms with Gasteiger partial charge in [0.25, 0.3) is 0 Å². The molecule has 2 N–H and O–H groups in total. The monoisotopic (exact) mass is 152 g/mol. The molecule has 0 spiro atoms.